The minimum absolute atomic E-state index is 0. The van der Waals surface area contributed by atoms with Crippen LogP contribution in [0.3, 0.4) is 0 Å². The third-order valence-corrected chi connectivity index (χ3v) is 1.83. The van der Waals surface area contributed by atoms with E-state index in [1.807, 2.05) is 0 Å². The van der Waals surface area contributed by atoms with Crippen molar-refractivity contribution in [2.45, 2.75) is 20.4 Å². The molecule has 0 aliphatic heterocycles. The molecule has 0 bridgehead atoms. The van der Waals surface area contributed by atoms with E-state index in [1.54, 1.807) is 0 Å². The summed E-state index contributed by atoms with van der Waals surface area (Å²) in [5, 5.41) is 3.31. The lowest BCUT2D eigenvalue weighted by Crippen LogP contribution is -2.12. The molecule has 0 aromatic heterocycles. The maximum Gasteiger partial charge on any atom is 0.0208 e. The van der Waals surface area contributed by atoms with E-state index in [0.29, 0.717) is 0 Å². The van der Waals surface area contributed by atoms with Crippen LogP contribution in [0.5, 0.6) is 0 Å². The smallest absolute Gasteiger partial charge is 0.0208 e. The standard InChI is InChI=1S/C10H15N.H2/c1-3-11-8-10-7-5-4-6-9(10)2;/h4-7,11H,3,8H2,1-2H3;1H. The summed E-state index contributed by atoms with van der Waals surface area (Å²) in [5.74, 6) is 0. The molecule has 0 spiro atoms. The van der Waals surface area contributed by atoms with Crippen molar-refractivity contribution in [3.8, 4) is 0 Å². The molecule has 1 N–H and O–H groups in total. The third-order valence-electron chi connectivity index (χ3n) is 1.83. The first-order valence-electron chi connectivity index (χ1n) is 4.10. The fourth-order valence-corrected chi connectivity index (χ4v) is 1.07. The topological polar surface area (TPSA) is 12.0 Å². The third kappa shape index (κ3) is 2.35. The molecule has 0 saturated heterocycles. The minimum atomic E-state index is 0. The first-order valence-corrected chi connectivity index (χ1v) is 4.10. The van der Waals surface area contributed by atoms with E-state index in [-0.39, 0.29) is 1.43 Å². The Morgan fingerprint density at radius 2 is 2.09 bits per heavy atom. The van der Waals surface area contributed by atoms with Gasteiger partial charge in [-0.25, -0.2) is 0 Å². The van der Waals surface area contributed by atoms with Crippen LogP contribution in [-0.4, -0.2) is 6.54 Å². The van der Waals surface area contributed by atoms with Gasteiger partial charge in [-0.3, -0.25) is 0 Å². The molecule has 0 unspecified atom stereocenters. The van der Waals surface area contributed by atoms with Crippen molar-refractivity contribution >= 4 is 0 Å². The number of hydrogen-bond acceptors (Lipinski definition) is 1. The Bertz CT molecular complexity index is 223. The van der Waals surface area contributed by atoms with E-state index >= 15 is 0 Å². The zero-order chi connectivity index (χ0) is 8.10. The number of nitrogens with one attached hydrogen (secondary N) is 1. The second-order valence-corrected chi connectivity index (χ2v) is 2.71. The predicted octanol–water partition coefficient (Wildman–Crippen LogP) is 2.35. The van der Waals surface area contributed by atoms with Crippen LogP contribution in [0.1, 0.15) is 19.5 Å². The molecular weight excluding hydrogens is 134 g/mol. The van der Waals surface area contributed by atoms with Crippen molar-refractivity contribution in [3.05, 3.63) is 35.4 Å². The summed E-state index contributed by atoms with van der Waals surface area (Å²) in [5.41, 5.74) is 2.77. The van der Waals surface area contributed by atoms with Gasteiger partial charge in [0, 0.05) is 7.97 Å². The van der Waals surface area contributed by atoms with Crippen LogP contribution in [0.4, 0.5) is 0 Å². The van der Waals surface area contributed by atoms with Gasteiger partial charge in [0.25, 0.3) is 0 Å². The van der Waals surface area contributed by atoms with Crippen LogP contribution >= 0.6 is 0 Å². The molecule has 0 amide bonds. The van der Waals surface area contributed by atoms with E-state index < -0.39 is 0 Å². The molecule has 1 aromatic carbocycles. The van der Waals surface area contributed by atoms with E-state index in [0.717, 1.165) is 13.1 Å². The first-order chi connectivity index (χ1) is 5.34. The fourth-order valence-electron chi connectivity index (χ4n) is 1.07. The summed E-state index contributed by atoms with van der Waals surface area (Å²) in [6, 6.07) is 8.47. The Hall–Kier alpha value is -0.820. The van der Waals surface area contributed by atoms with Gasteiger partial charge in [0.05, 0.1) is 0 Å². The summed E-state index contributed by atoms with van der Waals surface area (Å²) < 4.78 is 0. The van der Waals surface area contributed by atoms with E-state index in [2.05, 4.69) is 43.4 Å². The van der Waals surface area contributed by atoms with Crippen LogP contribution in [0, 0.1) is 6.92 Å². The highest BCUT2D eigenvalue weighted by Gasteiger charge is 1.93. The molecule has 1 heteroatoms. The van der Waals surface area contributed by atoms with Gasteiger partial charge < -0.3 is 5.32 Å². The van der Waals surface area contributed by atoms with Crippen molar-refractivity contribution in [2.24, 2.45) is 0 Å². The Morgan fingerprint density at radius 3 is 2.73 bits per heavy atom. The molecule has 0 heterocycles. The van der Waals surface area contributed by atoms with Crippen LogP contribution < -0.4 is 5.32 Å². The number of aryl methyl sites for hydroxylation is 1. The van der Waals surface area contributed by atoms with Gasteiger partial charge in [0.2, 0.25) is 0 Å². The lowest BCUT2D eigenvalue weighted by Gasteiger charge is -2.04. The lowest BCUT2D eigenvalue weighted by molar-refractivity contribution is 0.723. The summed E-state index contributed by atoms with van der Waals surface area (Å²) in [4.78, 5) is 0. The molecular formula is C10H17N. The molecule has 0 fully saturated rings. The molecule has 11 heavy (non-hydrogen) atoms. The Labute approximate surface area is 69.9 Å². The van der Waals surface area contributed by atoms with Gasteiger partial charge in [0.15, 0.2) is 0 Å². The monoisotopic (exact) mass is 151 g/mol. The van der Waals surface area contributed by atoms with E-state index in [1.165, 1.54) is 11.1 Å². The van der Waals surface area contributed by atoms with Gasteiger partial charge in [0.1, 0.15) is 0 Å². The second-order valence-electron chi connectivity index (χ2n) is 2.71. The van der Waals surface area contributed by atoms with Gasteiger partial charge in [-0.2, -0.15) is 0 Å². The highest BCUT2D eigenvalue weighted by atomic mass is 14.8. The molecule has 0 saturated carbocycles. The Kier molecular flexibility index (Phi) is 3.12. The quantitative estimate of drug-likeness (QED) is 0.699. The molecule has 1 rings (SSSR count). The first kappa shape index (κ1) is 8.28. The van der Waals surface area contributed by atoms with Crippen LogP contribution in [0.2, 0.25) is 0 Å². The van der Waals surface area contributed by atoms with Crippen molar-refractivity contribution < 1.29 is 1.43 Å². The van der Waals surface area contributed by atoms with Crippen LogP contribution in [-0.2, 0) is 6.54 Å². The second kappa shape index (κ2) is 4.14. The van der Waals surface area contributed by atoms with Gasteiger partial charge in [-0.15, -0.1) is 0 Å². The van der Waals surface area contributed by atoms with Crippen molar-refractivity contribution in [1.29, 1.82) is 0 Å². The largest absolute Gasteiger partial charge is 0.313 e. The SMILES string of the molecule is CCNCc1ccccc1C.[HH]. The summed E-state index contributed by atoms with van der Waals surface area (Å²) in [7, 11) is 0. The van der Waals surface area contributed by atoms with Crippen LogP contribution in [0.15, 0.2) is 24.3 Å². The minimum Gasteiger partial charge on any atom is -0.313 e. The normalized spacial score (nSPS) is 10.0. The number of benzene rings is 1. The summed E-state index contributed by atoms with van der Waals surface area (Å²) in [6.45, 7) is 6.29. The lowest BCUT2D eigenvalue weighted by atomic mass is 10.1. The van der Waals surface area contributed by atoms with E-state index in [9.17, 15) is 0 Å². The summed E-state index contributed by atoms with van der Waals surface area (Å²) >= 11 is 0. The maximum absolute atomic E-state index is 3.31. The number of hydrogen-bond donors (Lipinski definition) is 1. The molecule has 0 atom stereocenters. The average Bonchev–Trinajstić information content (AvgIpc) is 2.03. The molecule has 0 aliphatic carbocycles. The molecule has 1 aromatic rings. The number of rotatable bonds is 3. The average molecular weight is 151 g/mol. The van der Waals surface area contributed by atoms with Crippen molar-refractivity contribution in [1.82, 2.24) is 5.32 Å². The summed E-state index contributed by atoms with van der Waals surface area (Å²) in [6.07, 6.45) is 0. The molecule has 62 valence electrons. The highest BCUT2D eigenvalue weighted by Crippen LogP contribution is 2.05. The van der Waals surface area contributed by atoms with Crippen molar-refractivity contribution in [2.75, 3.05) is 6.54 Å². The Balaban J connectivity index is 0.00000121. The predicted molar refractivity (Wildman–Crippen MR) is 50.7 cm³/mol. The van der Waals surface area contributed by atoms with Gasteiger partial charge in [-0.05, 0) is 24.6 Å². The zero-order valence-corrected chi connectivity index (χ0v) is 7.22. The zero-order valence-electron chi connectivity index (χ0n) is 7.22. The maximum atomic E-state index is 3.31. The van der Waals surface area contributed by atoms with Gasteiger partial charge in [-0.1, -0.05) is 31.2 Å². The van der Waals surface area contributed by atoms with Crippen LogP contribution in [0.25, 0.3) is 0 Å². The fraction of sp³-hybridized carbons (Fsp3) is 0.400. The van der Waals surface area contributed by atoms with Gasteiger partial charge >= 0.3 is 0 Å². The Morgan fingerprint density at radius 1 is 1.36 bits per heavy atom. The highest BCUT2D eigenvalue weighted by molar-refractivity contribution is 5.25. The van der Waals surface area contributed by atoms with E-state index in [4.69, 9.17) is 0 Å². The van der Waals surface area contributed by atoms with Crippen molar-refractivity contribution in [3.63, 3.8) is 0 Å². The molecule has 0 aliphatic rings. The molecule has 1 nitrogen and oxygen atoms in total. The molecule has 0 radical (unpaired) electrons.